The molecule has 0 radical (unpaired) electrons. The number of nitrogens with zero attached hydrogens (tertiary/aromatic N) is 2. The Kier molecular flexibility index (Phi) is 7.43. The van der Waals surface area contributed by atoms with Crippen molar-refractivity contribution in [1.29, 1.82) is 0 Å². The molecule has 34 heavy (non-hydrogen) atoms. The Hall–Kier alpha value is -3.44. The molecule has 0 bridgehead atoms. The number of imidazole rings is 1. The largest absolute Gasteiger partial charge is 0.369 e. The highest BCUT2D eigenvalue weighted by molar-refractivity contribution is 7.92. The van der Waals surface area contributed by atoms with Crippen molar-refractivity contribution in [3.8, 4) is 11.3 Å². The Morgan fingerprint density at radius 2 is 1.76 bits per heavy atom. The number of hydrogen-bond acceptors (Lipinski definition) is 7. The Labute approximate surface area is 198 Å². The quantitative estimate of drug-likeness (QED) is 0.310. The van der Waals surface area contributed by atoms with Crippen LogP contribution >= 0.6 is 0 Å². The maximum Gasteiger partial charge on any atom is 0.234 e. The molecule has 0 atom stereocenters. The summed E-state index contributed by atoms with van der Waals surface area (Å²) in [6.45, 7) is 2.09. The first-order valence-corrected chi connectivity index (χ1v) is 12.8. The number of aromatic amines is 1. The van der Waals surface area contributed by atoms with Crippen LogP contribution < -0.4 is 21.1 Å². The van der Waals surface area contributed by atoms with Crippen LogP contribution in [0.5, 0.6) is 0 Å². The molecule has 1 aromatic carbocycles. The minimum Gasteiger partial charge on any atom is -0.369 e. The lowest BCUT2D eigenvalue weighted by molar-refractivity contribution is -0.120. The Morgan fingerprint density at radius 3 is 2.41 bits per heavy atom. The SMILES string of the molecule is Nc1ncc(-c2ccc(CNC(=O)Cc3ccc(NS(=O)(=O)CC4CCNCC4)nc3)cc2)[nH]1. The highest BCUT2D eigenvalue weighted by atomic mass is 32.2. The summed E-state index contributed by atoms with van der Waals surface area (Å²) in [5, 5.41) is 6.12. The third-order valence-corrected chi connectivity index (χ3v) is 7.14. The zero-order valence-corrected chi connectivity index (χ0v) is 19.6. The number of H-pyrrole nitrogens is 1. The van der Waals surface area contributed by atoms with E-state index in [1.165, 1.54) is 6.20 Å². The molecule has 0 aliphatic carbocycles. The fourth-order valence-corrected chi connectivity index (χ4v) is 5.36. The summed E-state index contributed by atoms with van der Waals surface area (Å²) >= 11 is 0. The van der Waals surface area contributed by atoms with Gasteiger partial charge >= 0.3 is 0 Å². The van der Waals surface area contributed by atoms with Gasteiger partial charge < -0.3 is 21.4 Å². The number of pyridine rings is 1. The number of carbonyl (C=O) groups is 1. The number of nitrogens with two attached hydrogens (primary N) is 1. The number of nitrogens with one attached hydrogen (secondary N) is 4. The van der Waals surface area contributed by atoms with E-state index in [4.69, 9.17) is 5.73 Å². The first kappa shape index (κ1) is 23.7. The number of benzene rings is 1. The van der Waals surface area contributed by atoms with E-state index in [2.05, 4.69) is 30.3 Å². The standard InChI is InChI=1S/C23H29N7O3S/c24-23-28-14-20(29-23)19-4-1-16(2-5-19)12-27-22(31)11-18-3-6-21(26-13-18)30-34(32,33)15-17-7-9-25-10-8-17/h1-6,13-14,17,25H,7-12,15H2,(H,26,30)(H,27,31)(H3,24,28,29). The summed E-state index contributed by atoms with van der Waals surface area (Å²) < 4.78 is 27.4. The van der Waals surface area contributed by atoms with E-state index in [9.17, 15) is 13.2 Å². The van der Waals surface area contributed by atoms with Crippen molar-refractivity contribution >= 4 is 27.7 Å². The van der Waals surface area contributed by atoms with Crippen molar-refractivity contribution in [2.75, 3.05) is 29.3 Å². The van der Waals surface area contributed by atoms with E-state index in [1.807, 2.05) is 24.3 Å². The van der Waals surface area contributed by atoms with Gasteiger partial charge in [0, 0.05) is 12.7 Å². The van der Waals surface area contributed by atoms with Crippen LogP contribution in [0.15, 0.2) is 48.8 Å². The molecular formula is C23H29N7O3S. The van der Waals surface area contributed by atoms with Gasteiger partial charge in [0.25, 0.3) is 0 Å². The fourth-order valence-electron chi connectivity index (χ4n) is 3.88. The molecule has 6 N–H and O–H groups in total. The number of aromatic nitrogens is 3. The van der Waals surface area contributed by atoms with Gasteiger partial charge in [0.1, 0.15) is 5.82 Å². The molecule has 3 aromatic rings. The van der Waals surface area contributed by atoms with Crippen molar-refractivity contribution in [1.82, 2.24) is 25.6 Å². The zero-order chi connectivity index (χ0) is 24.0. The molecule has 2 aromatic heterocycles. The maximum absolute atomic E-state index is 12.4. The van der Waals surface area contributed by atoms with Crippen LogP contribution in [0.25, 0.3) is 11.3 Å². The summed E-state index contributed by atoms with van der Waals surface area (Å²) in [6.07, 6.45) is 5.05. The molecule has 1 aliphatic heterocycles. The summed E-state index contributed by atoms with van der Waals surface area (Å²) in [7, 11) is -3.46. The average molecular weight is 484 g/mol. The van der Waals surface area contributed by atoms with Gasteiger partial charge in [0.15, 0.2) is 5.95 Å². The number of amides is 1. The van der Waals surface area contributed by atoms with Gasteiger partial charge in [-0.05, 0) is 54.6 Å². The number of anilines is 2. The van der Waals surface area contributed by atoms with Crippen LogP contribution in [-0.4, -0.2) is 48.1 Å². The Morgan fingerprint density at radius 1 is 1.03 bits per heavy atom. The number of nitrogen functional groups attached to an aromatic ring is 1. The summed E-state index contributed by atoms with van der Waals surface area (Å²) in [5.41, 5.74) is 9.05. The lowest BCUT2D eigenvalue weighted by Crippen LogP contribution is -2.33. The highest BCUT2D eigenvalue weighted by Gasteiger charge is 2.21. The van der Waals surface area contributed by atoms with Gasteiger partial charge in [-0.15, -0.1) is 0 Å². The molecule has 3 heterocycles. The van der Waals surface area contributed by atoms with Gasteiger partial charge in [0.2, 0.25) is 15.9 Å². The lowest BCUT2D eigenvalue weighted by Gasteiger charge is -2.22. The number of hydrogen-bond donors (Lipinski definition) is 5. The van der Waals surface area contributed by atoms with Gasteiger partial charge in [-0.3, -0.25) is 9.52 Å². The average Bonchev–Trinajstić information content (AvgIpc) is 3.26. The van der Waals surface area contributed by atoms with Gasteiger partial charge in [-0.2, -0.15) is 0 Å². The summed E-state index contributed by atoms with van der Waals surface area (Å²) in [5.74, 6) is 0.728. The monoisotopic (exact) mass is 483 g/mol. The zero-order valence-electron chi connectivity index (χ0n) is 18.8. The summed E-state index contributed by atoms with van der Waals surface area (Å²) in [6, 6.07) is 11.0. The molecular weight excluding hydrogens is 454 g/mol. The van der Waals surface area contributed by atoms with Gasteiger partial charge in [-0.1, -0.05) is 30.3 Å². The van der Waals surface area contributed by atoms with Crippen LogP contribution in [0.4, 0.5) is 11.8 Å². The van der Waals surface area contributed by atoms with Crippen LogP contribution in [0.1, 0.15) is 24.0 Å². The first-order valence-electron chi connectivity index (χ1n) is 11.2. The Balaban J connectivity index is 1.24. The predicted molar refractivity (Wildman–Crippen MR) is 131 cm³/mol. The smallest absolute Gasteiger partial charge is 0.234 e. The third kappa shape index (κ3) is 6.78. The first-order chi connectivity index (χ1) is 16.4. The molecule has 0 unspecified atom stereocenters. The van der Waals surface area contributed by atoms with E-state index < -0.39 is 10.0 Å². The fraction of sp³-hybridized carbons (Fsp3) is 0.348. The number of carbonyl (C=O) groups excluding carboxylic acids is 1. The second kappa shape index (κ2) is 10.7. The van der Waals surface area contributed by atoms with E-state index in [0.717, 1.165) is 42.8 Å². The minimum atomic E-state index is -3.46. The highest BCUT2D eigenvalue weighted by Crippen LogP contribution is 2.18. The molecule has 1 fully saturated rings. The third-order valence-electron chi connectivity index (χ3n) is 5.71. The van der Waals surface area contributed by atoms with Crippen molar-refractivity contribution in [2.45, 2.75) is 25.8 Å². The van der Waals surface area contributed by atoms with Crippen LogP contribution in [0, 0.1) is 5.92 Å². The van der Waals surface area contributed by atoms with E-state index in [0.29, 0.717) is 18.1 Å². The molecule has 1 amide bonds. The van der Waals surface area contributed by atoms with Crippen molar-refractivity contribution in [3.05, 3.63) is 59.9 Å². The van der Waals surface area contributed by atoms with Crippen molar-refractivity contribution in [3.63, 3.8) is 0 Å². The van der Waals surface area contributed by atoms with Gasteiger partial charge in [0.05, 0.1) is 24.1 Å². The molecule has 4 rings (SSSR count). The normalized spacial score (nSPS) is 14.6. The van der Waals surface area contributed by atoms with Crippen molar-refractivity contribution in [2.24, 2.45) is 5.92 Å². The minimum absolute atomic E-state index is 0.0947. The number of sulfonamides is 1. The molecule has 0 spiro atoms. The molecule has 1 saturated heterocycles. The molecule has 10 nitrogen and oxygen atoms in total. The maximum atomic E-state index is 12.4. The van der Waals surface area contributed by atoms with E-state index >= 15 is 0 Å². The second-order valence-electron chi connectivity index (χ2n) is 8.46. The lowest BCUT2D eigenvalue weighted by atomic mass is 10.0. The summed E-state index contributed by atoms with van der Waals surface area (Å²) in [4.78, 5) is 23.5. The van der Waals surface area contributed by atoms with Gasteiger partial charge in [-0.25, -0.2) is 18.4 Å². The molecule has 180 valence electrons. The number of rotatable bonds is 9. The molecule has 11 heteroatoms. The van der Waals surface area contributed by atoms with Crippen molar-refractivity contribution < 1.29 is 13.2 Å². The van der Waals surface area contributed by atoms with Crippen LogP contribution in [0.2, 0.25) is 0 Å². The Bertz CT molecular complexity index is 1200. The second-order valence-corrected chi connectivity index (χ2v) is 10.2. The van der Waals surface area contributed by atoms with E-state index in [-0.39, 0.29) is 29.8 Å². The van der Waals surface area contributed by atoms with Crippen LogP contribution in [0.3, 0.4) is 0 Å². The molecule has 1 aliphatic rings. The van der Waals surface area contributed by atoms with Crippen LogP contribution in [-0.2, 0) is 27.8 Å². The predicted octanol–water partition coefficient (Wildman–Crippen LogP) is 1.65. The topological polar surface area (TPSA) is 155 Å². The number of piperidine rings is 1. The van der Waals surface area contributed by atoms with E-state index in [1.54, 1.807) is 18.3 Å². The molecule has 0 saturated carbocycles.